The lowest BCUT2D eigenvalue weighted by Gasteiger charge is -2.29. The van der Waals surface area contributed by atoms with Gasteiger partial charge in [0.25, 0.3) is 0 Å². The van der Waals surface area contributed by atoms with E-state index >= 15 is 0 Å². The number of rotatable bonds is 4. The van der Waals surface area contributed by atoms with Crippen LogP contribution in [0.5, 0.6) is 0 Å². The number of amides is 1. The van der Waals surface area contributed by atoms with Crippen molar-refractivity contribution in [2.75, 3.05) is 5.32 Å². The Morgan fingerprint density at radius 2 is 1.93 bits per heavy atom. The van der Waals surface area contributed by atoms with Gasteiger partial charge in [0.05, 0.1) is 17.4 Å². The summed E-state index contributed by atoms with van der Waals surface area (Å²) in [6.07, 6.45) is 7.84. The zero-order valence-corrected chi connectivity index (χ0v) is 17.7. The van der Waals surface area contributed by atoms with Gasteiger partial charge in [-0.25, -0.2) is 9.48 Å². The van der Waals surface area contributed by atoms with Crippen LogP contribution in [0.25, 0.3) is 10.9 Å². The van der Waals surface area contributed by atoms with Gasteiger partial charge in [-0.1, -0.05) is 42.6 Å². The maximum Gasteiger partial charge on any atom is 0.412 e. The number of carbonyl (C=O) groups is 1. The highest BCUT2D eigenvalue weighted by Gasteiger charge is 2.33. The van der Waals surface area contributed by atoms with Gasteiger partial charge < -0.3 is 4.74 Å². The van der Waals surface area contributed by atoms with Gasteiger partial charge in [-0.3, -0.25) is 5.32 Å². The molecule has 1 unspecified atom stereocenters. The third kappa shape index (κ3) is 4.08. The van der Waals surface area contributed by atoms with E-state index in [1.807, 2.05) is 74.8 Å². The van der Waals surface area contributed by atoms with Crippen molar-refractivity contribution in [3.63, 3.8) is 0 Å². The summed E-state index contributed by atoms with van der Waals surface area (Å²) in [6.45, 7) is 7.48. The fourth-order valence-electron chi connectivity index (χ4n) is 3.33. The third-order valence-electron chi connectivity index (χ3n) is 4.68. The average molecular weight is 410 g/mol. The second-order valence-corrected chi connectivity index (χ2v) is 8.22. The molecule has 0 saturated carbocycles. The van der Waals surface area contributed by atoms with Crippen LogP contribution in [0.4, 0.5) is 10.5 Å². The van der Waals surface area contributed by atoms with Gasteiger partial charge in [-0.05, 0) is 57.0 Å². The van der Waals surface area contributed by atoms with Crippen molar-refractivity contribution in [3.8, 4) is 12.3 Å². The van der Waals surface area contributed by atoms with Crippen molar-refractivity contribution < 1.29 is 9.53 Å². The predicted octanol–water partition coefficient (Wildman–Crippen LogP) is 5.82. The Balaban J connectivity index is 2.08. The van der Waals surface area contributed by atoms with Crippen LogP contribution in [0, 0.1) is 12.3 Å². The molecule has 0 fully saturated rings. The largest absolute Gasteiger partial charge is 0.444 e. The molecule has 3 aromatic rings. The van der Waals surface area contributed by atoms with E-state index in [4.69, 9.17) is 22.8 Å². The highest BCUT2D eigenvalue weighted by molar-refractivity contribution is 6.30. The Morgan fingerprint density at radius 1 is 1.24 bits per heavy atom. The summed E-state index contributed by atoms with van der Waals surface area (Å²) in [5.74, 6) is 2.93. The van der Waals surface area contributed by atoms with Crippen molar-refractivity contribution >= 4 is 34.3 Å². The minimum atomic E-state index is -0.781. The lowest BCUT2D eigenvalue weighted by atomic mass is 9.88. The van der Waals surface area contributed by atoms with Crippen LogP contribution in [0.15, 0.2) is 48.7 Å². The quantitative estimate of drug-likeness (QED) is 0.552. The van der Waals surface area contributed by atoms with Gasteiger partial charge in [-0.2, -0.15) is 5.10 Å². The summed E-state index contributed by atoms with van der Waals surface area (Å²) in [5.41, 5.74) is 0.978. The monoisotopic (exact) mass is 409 g/mol. The smallest absolute Gasteiger partial charge is 0.412 e. The molecule has 6 heteroatoms. The van der Waals surface area contributed by atoms with Gasteiger partial charge in [0.15, 0.2) is 0 Å². The second kappa shape index (κ2) is 7.81. The molecule has 0 saturated heterocycles. The number of carbonyl (C=O) groups excluding carboxylic acids is 1. The van der Waals surface area contributed by atoms with Crippen molar-refractivity contribution in [3.05, 3.63) is 59.2 Å². The molecule has 5 nitrogen and oxygen atoms in total. The fraction of sp³-hybridized carbons (Fsp3) is 0.304. The van der Waals surface area contributed by atoms with Crippen LogP contribution in [0.2, 0.25) is 5.02 Å². The minimum Gasteiger partial charge on any atom is -0.444 e. The molecule has 0 spiro atoms. The number of terminal acetylenes is 1. The number of benzene rings is 2. The average Bonchev–Trinajstić information content (AvgIpc) is 3.09. The van der Waals surface area contributed by atoms with Crippen molar-refractivity contribution in [2.24, 2.45) is 0 Å². The fourth-order valence-corrected chi connectivity index (χ4v) is 3.45. The first-order valence-corrected chi connectivity index (χ1v) is 9.79. The van der Waals surface area contributed by atoms with E-state index in [1.54, 1.807) is 6.20 Å². The van der Waals surface area contributed by atoms with Crippen molar-refractivity contribution in [1.82, 2.24) is 9.78 Å². The molecule has 150 valence electrons. The SMILES string of the molecule is C#CC(CC)(c1ccc(Cl)cc1)n1ncc2c(NC(=O)OC(C)(C)C)cccc21. The van der Waals surface area contributed by atoms with Crippen molar-refractivity contribution in [2.45, 2.75) is 45.3 Å². The summed E-state index contributed by atoms with van der Waals surface area (Å²) in [5, 5.41) is 8.83. The number of nitrogens with zero attached hydrogens (tertiary/aromatic N) is 2. The number of ether oxygens (including phenoxy) is 1. The molecule has 0 radical (unpaired) electrons. The molecule has 1 N–H and O–H groups in total. The second-order valence-electron chi connectivity index (χ2n) is 7.79. The number of aromatic nitrogens is 2. The molecule has 1 atom stereocenters. The summed E-state index contributed by atoms with van der Waals surface area (Å²) in [6, 6.07) is 13.1. The van der Waals surface area contributed by atoms with E-state index in [0.29, 0.717) is 17.1 Å². The van der Waals surface area contributed by atoms with Crippen LogP contribution >= 0.6 is 11.6 Å². The highest BCUT2D eigenvalue weighted by atomic mass is 35.5. The van der Waals surface area contributed by atoms with Crippen LogP contribution in [0.1, 0.15) is 39.7 Å². The van der Waals surface area contributed by atoms with Gasteiger partial charge in [0.2, 0.25) is 0 Å². The van der Waals surface area contributed by atoms with Crippen LogP contribution < -0.4 is 5.32 Å². The molecule has 3 rings (SSSR count). The number of halogens is 1. The molecule has 0 bridgehead atoms. The Morgan fingerprint density at radius 3 is 2.52 bits per heavy atom. The lowest BCUT2D eigenvalue weighted by Crippen LogP contribution is -2.33. The highest BCUT2D eigenvalue weighted by Crippen LogP contribution is 2.34. The normalized spacial score (nSPS) is 13.5. The summed E-state index contributed by atoms with van der Waals surface area (Å²) >= 11 is 6.06. The predicted molar refractivity (Wildman–Crippen MR) is 117 cm³/mol. The Kier molecular flexibility index (Phi) is 5.59. The van der Waals surface area contributed by atoms with Crippen LogP contribution in [0.3, 0.4) is 0 Å². The standard InChI is InChI=1S/C23H24ClN3O2/c1-6-23(7-2,16-11-13-17(24)14-12-16)27-20-10-8-9-19(18(20)15-25-27)26-21(28)29-22(3,4)5/h1,8-15H,7H2,2-5H3,(H,26,28). The zero-order chi connectivity index (χ0) is 21.2. The Bertz CT molecular complexity index is 1070. The lowest BCUT2D eigenvalue weighted by molar-refractivity contribution is 0.0636. The maximum atomic E-state index is 12.2. The first-order valence-electron chi connectivity index (χ1n) is 9.41. The van der Waals surface area contributed by atoms with Crippen LogP contribution in [-0.2, 0) is 10.3 Å². The first kappa shape index (κ1) is 20.8. The molecule has 0 aliphatic carbocycles. The van der Waals surface area contributed by atoms with E-state index in [0.717, 1.165) is 16.5 Å². The van der Waals surface area contributed by atoms with E-state index in [-0.39, 0.29) is 0 Å². The van der Waals surface area contributed by atoms with Gasteiger partial charge >= 0.3 is 6.09 Å². The molecule has 1 heterocycles. The Hall–Kier alpha value is -2.97. The van der Waals surface area contributed by atoms with Gasteiger partial charge in [-0.15, -0.1) is 6.42 Å². The number of nitrogens with one attached hydrogen (secondary N) is 1. The molecule has 1 aromatic heterocycles. The maximum absolute atomic E-state index is 12.2. The molecular formula is C23H24ClN3O2. The number of hydrogen-bond acceptors (Lipinski definition) is 3. The Labute approximate surface area is 176 Å². The molecule has 0 aliphatic rings. The zero-order valence-electron chi connectivity index (χ0n) is 17.0. The van der Waals surface area contributed by atoms with E-state index in [1.165, 1.54) is 0 Å². The number of anilines is 1. The molecule has 29 heavy (non-hydrogen) atoms. The van der Waals surface area contributed by atoms with E-state index < -0.39 is 17.2 Å². The minimum absolute atomic E-state index is 0.519. The topological polar surface area (TPSA) is 56.2 Å². The molecular weight excluding hydrogens is 386 g/mol. The van der Waals surface area contributed by atoms with Crippen LogP contribution in [-0.4, -0.2) is 21.5 Å². The summed E-state index contributed by atoms with van der Waals surface area (Å²) < 4.78 is 7.19. The number of hydrogen-bond donors (Lipinski definition) is 1. The molecule has 2 aromatic carbocycles. The van der Waals surface area contributed by atoms with Gasteiger partial charge in [0, 0.05) is 10.4 Å². The van der Waals surface area contributed by atoms with E-state index in [2.05, 4.69) is 16.3 Å². The van der Waals surface area contributed by atoms with Crippen molar-refractivity contribution in [1.29, 1.82) is 0 Å². The number of fused-ring (bicyclic) bond motifs is 1. The molecule has 1 amide bonds. The van der Waals surface area contributed by atoms with E-state index in [9.17, 15) is 4.79 Å². The molecule has 0 aliphatic heterocycles. The summed E-state index contributed by atoms with van der Waals surface area (Å²) in [4.78, 5) is 12.2. The third-order valence-corrected chi connectivity index (χ3v) is 4.93. The summed E-state index contributed by atoms with van der Waals surface area (Å²) in [7, 11) is 0. The first-order chi connectivity index (χ1) is 13.7. The van der Waals surface area contributed by atoms with Gasteiger partial charge in [0.1, 0.15) is 11.1 Å².